The predicted molar refractivity (Wildman–Crippen MR) is 115 cm³/mol. The van der Waals surface area contributed by atoms with E-state index in [1.165, 1.54) is 5.56 Å². The SMILES string of the molecule is COc1ccc(-c2nn(CN3CCCC3c3ccc4c(c3)OCO4)c(=S)o2)cc1OC. The number of hydrogen-bond donors (Lipinski definition) is 0. The smallest absolute Gasteiger partial charge is 0.288 e. The summed E-state index contributed by atoms with van der Waals surface area (Å²) in [5, 5.41) is 4.62. The summed E-state index contributed by atoms with van der Waals surface area (Å²) >= 11 is 5.45. The summed E-state index contributed by atoms with van der Waals surface area (Å²) in [6.45, 7) is 1.79. The van der Waals surface area contributed by atoms with Gasteiger partial charge in [0.25, 0.3) is 4.84 Å². The zero-order valence-corrected chi connectivity index (χ0v) is 18.2. The van der Waals surface area contributed by atoms with E-state index in [4.69, 9.17) is 35.6 Å². The van der Waals surface area contributed by atoms with E-state index < -0.39 is 0 Å². The highest BCUT2D eigenvalue weighted by Gasteiger charge is 2.28. The van der Waals surface area contributed by atoms with E-state index in [1.807, 2.05) is 24.3 Å². The van der Waals surface area contributed by atoms with E-state index in [2.05, 4.69) is 22.1 Å². The standard InChI is InChI=1S/C22H23N3O5S/c1-26-17-7-6-15(11-19(17)27-2)21-23-25(22(31)30-21)12-24-9-3-4-16(24)14-5-8-18-20(10-14)29-13-28-18/h5-8,10-11,16H,3-4,9,12-13H2,1-2H3. The van der Waals surface area contributed by atoms with Gasteiger partial charge >= 0.3 is 0 Å². The van der Waals surface area contributed by atoms with Crippen molar-refractivity contribution in [3.8, 4) is 34.5 Å². The fraction of sp³-hybridized carbons (Fsp3) is 0.364. The van der Waals surface area contributed by atoms with Gasteiger partial charge in [-0.15, -0.1) is 5.10 Å². The van der Waals surface area contributed by atoms with Gasteiger partial charge in [0.1, 0.15) is 0 Å². The molecule has 5 rings (SSSR count). The minimum atomic E-state index is 0.262. The van der Waals surface area contributed by atoms with Crippen LogP contribution in [0.4, 0.5) is 0 Å². The molecule has 2 aliphatic rings. The van der Waals surface area contributed by atoms with Crippen molar-refractivity contribution in [1.82, 2.24) is 14.7 Å². The molecule has 0 spiro atoms. The summed E-state index contributed by atoms with van der Waals surface area (Å²) in [7, 11) is 3.20. The van der Waals surface area contributed by atoms with Crippen LogP contribution in [0.25, 0.3) is 11.5 Å². The number of ether oxygens (including phenoxy) is 4. The van der Waals surface area contributed by atoms with Crippen molar-refractivity contribution in [2.24, 2.45) is 0 Å². The van der Waals surface area contributed by atoms with E-state index >= 15 is 0 Å². The maximum absolute atomic E-state index is 5.79. The van der Waals surface area contributed by atoms with Crippen LogP contribution in [0.3, 0.4) is 0 Å². The van der Waals surface area contributed by atoms with Gasteiger partial charge in [-0.25, -0.2) is 4.68 Å². The number of benzene rings is 2. The third kappa shape index (κ3) is 3.75. The molecule has 31 heavy (non-hydrogen) atoms. The van der Waals surface area contributed by atoms with Crippen LogP contribution in [-0.4, -0.2) is 42.2 Å². The Morgan fingerprint density at radius 2 is 1.90 bits per heavy atom. The zero-order chi connectivity index (χ0) is 21.4. The Morgan fingerprint density at radius 1 is 1.06 bits per heavy atom. The van der Waals surface area contributed by atoms with Gasteiger partial charge in [0, 0.05) is 18.2 Å². The normalized spacial score (nSPS) is 17.8. The van der Waals surface area contributed by atoms with Crippen molar-refractivity contribution in [3.63, 3.8) is 0 Å². The molecule has 2 aromatic carbocycles. The summed E-state index contributed by atoms with van der Waals surface area (Å²) in [6.07, 6.45) is 2.17. The molecule has 0 saturated carbocycles. The molecule has 1 unspecified atom stereocenters. The van der Waals surface area contributed by atoms with Gasteiger partial charge in [0.2, 0.25) is 12.7 Å². The topological polar surface area (TPSA) is 71.1 Å². The number of aromatic nitrogens is 2. The minimum Gasteiger partial charge on any atom is -0.493 e. The van der Waals surface area contributed by atoms with E-state index in [0.717, 1.165) is 36.4 Å². The molecule has 9 heteroatoms. The molecular formula is C22H23N3O5S. The summed E-state index contributed by atoms with van der Waals surface area (Å²) in [5.74, 6) is 3.31. The van der Waals surface area contributed by atoms with Crippen LogP contribution >= 0.6 is 12.2 Å². The quantitative estimate of drug-likeness (QED) is 0.521. The third-order valence-electron chi connectivity index (χ3n) is 5.70. The van der Waals surface area contributed by atoms with E-state index in [9.17, 15) is 0 Å². The highest BCUT2D eigenvalue weighted by atomic mass is 32.1. The zero-order valence-electron chi connectivity index (χ0n) is 17.4. The Morgan fingerprint density at radius 3 is 2.74 bits per heavy atom. The Labute approximate surface area is 184 Å². The summed E-state index contributed by atoms with van der Waals surface area (Å²) in [6, 6.07) is 11.9. The Kier molecular flexibility index (Phi) is 5.29. The minimum absolute atomic E-state index is 0.262. The first-order valence-electron chi connectivity index (χ1n) is 10.1. The molecule has 1 fully saturated rings. The second kappa shape index (κ2) is 8.24. The molecule has 0 radical (unpaired) electrons. The monoisotopic (exact) mass is 441 g/mol. The predicted octanol–water partition coefficient (Wildman–Crippen LogP) is 4.41. The van der Waals surface area contributed by atoms with Gasteiger partial charge in [-0.1, -0.05) is 6.07 Å². The van der Waals surface area contributed by atoms with Gasteiger partial charge in [-0.05, 0) is 61.0 Å². The van der Waals surface area contributed by atoms with Crippen LogP contribution in [0.15, 0.2) is 40.8 Å². The van der Waals surface area contributed by atoms with Crippen LogP contribution in [0, 0.1) is 4.84 Å². The third-order valence-corrected chi connectivity index (χ3v) is 5.99. The average Bonchev–Trinajstić information content (AvgIpc) is 3.53. The van der Waals surface area contributed by atoms with Gasteiger partial charge in [-0.3, -0.25) is 4.90 Å². The number of methoxy groups -OCH3 is 2. The highest BCUT2D eigenvalue weighted by Crippen LogP contribution is 2.39. The van der Waals surface area contributed by atoms with Crippen molar-refractivity contribution < 1.29 is 23.4 Å². The fourth-order valence-electron chi connectivity index (χ4n) is 4.15. The van der Waals surface area contributed by atoms with Crippen molar-refractivity contribution in [3.05, 3.63) is 46.8 Å². The summed E-state index contributed by atoms with van der Waals surface area (Å²) in [5.41, 5.74) is 1.98. The number of nitrogens with zero attached hydrogens (tertiary/aromatic N) is 3. The van der Waals surface area contributed by atoms with E-state index in [1.54, 1.807) is 18.9 Å². The van der Waals surface area contributed by atoms with Crippen LogP contribution in [0.5, 0.6) is 23.0 Å². The summed E-state index contributed by atoms with van der Waals surface area (Å²) in [4.78, 5) is 2.69. The lowest BCUT2D eigenvalue weighted by atomic mass is 10.0. The van der Waals surface area contributed by atoms with Crippen molar-refractivity contribution in [1.29, 1.82) is 0 Å². The lowest BCUT2D eigenvalue weighted by molar-refractivity contribution is 0.173. The molecule has 2 aliphatic heterocycles. The number of fused-ring (bicyclic) bond motifs is 1. The van der Waals surface area contributed by atoms with E-state index in [0.29, 0.717) is 28.9 Å². The first-order valence-corrected chi connectivity index (χ1v) is 10.5. The molecule has 1 atom stereocenters. The first kappa shape index (κ1) is 19.9. The Bertz CT molecular complexity index is 1160. The number of hydrogen-bond acceptors (Lipinski definition) is 8. The maximum atomic E-state index is 5.79. The van der Waals surface area contributed by atoms with Crippen molar-refractivity contribution in [2.45, 2.75) is 25.6 Å². The van der Waals surface area contributed by atoms with Crippen LogP contribution in [0.2, 0.25) is 0 Å². The number of rotatable bonds is 6. The molecule has 1 saturated heterocycles. The van der Waals surface area contributed by atoms with Crippen LogP contribution in [-0.2, 0) is 6.67 Å². The van der Waals surface area contributed by atoms with Crippen LogP contribution < -0.4 is 18.9 Å². The first-order chi connectivity index (χ1) is 15.2. The Balaban J connectivity index is 1.38. The van der Waals surface area contributed by atoms with Gasteiger partial charge in [0.15, 0.2) is 23.0 Å². The fourth-order valence-corrected chi connectivity index (χ4v) is 4.32. The molecule has 1 aromatic heterocycles. The summed E-state index contributed by atoms with van der Waals surface area (Å²) < 4.78 is 29.2. The van der Waals surface area contributed by atoms with Crippen molar-refractivity contribution in [2.75, 3.05) is 27.6 Å². The van der Waals surface area contributed by atoms with E-state index in [-0.39, 0.29) is 12.8 Å². The van der Waals surface area contributed by atoms with Gasteiger partial charge in [0.05, 0.1) is 20.9 Å². The largest absolute Gasteiger partial charge is 0.493 e. The number of likely N-dealkylation sites (tertiary alicyclic amines) is 1. The second-order valence-corrected chi connectivity index (χ2v) is 7.82. The average molecular weight is 442 g/mol. The molecule has 0 aliphatic carbocycles. The Hall–Kier alpha value is -3.04. The lowest BCUT2D eigenvalue weighted by Crippen LogP contribution is -2.26. The van der Waals surface area contributed by atoms with Gasteiger partial charge < -0.3 is 23.4 Å². The molecular weight excluding hydrogens is 418 g/mol. The maximum Gasteiger partial charge on any atom is 0.288 e. The van der Waals surface area contributed by atoms with Crippen molar-refractivity contribution >= 4 is 12.2 Å². The van der Waals surface area contributed by atoms with Crippen LogP contribution in [0.1, 0.15) is 24.4 Å². The molecule has 3 aromatic rings. The molecule has 3 heterocycles. The van der Waals surface area contributed by atoms with Gasteiger partial charge in [-0.2, -0.15) is 0 Å². The molecule has 0 N–H and O–H groups in total. The molecule has 162 valence electrons. The molecule has 0 amide bonds. The highest BCUT2D eigenvalue weighted by molar-refractivity contribution is 7.71. The second-order valence-electron chi connectivity index (χ2n) is 7.47. The lowest BCUT2D eigenvalue weighted by Gasteiger charge is -2.24. The molecule has 0 bridgehead atoms. The molecule has 8 nitrogen and oxygen atoms in total.